The van der Waals surface area contributed by atoms with Gasteiger partial charge in [0.1, 0.15) is 28.5 Å². The summed E-state index contributed by atoms with van der Waals surface area (Å²) >= 11 is 0. The molecule has 0 spiro atoms. The van der Waals surface area contributed by atoms with E-state index >= 15 is 4.39 Å². The average Bonchev–Trinajstić information content (AvgIpc) is 3.43. The summed E-state index contributed by atoms with van der Waals surface area (Å²) in [4.78, 5) is 60.2. The van der Waals surface area contributed by atoms with Crippen LogP contribution in [0.1, 0.15) is 36.9 Å². The predicted molar refractivity (Wildman–Crippen MR) is 182 cm³/mol. The van der Waals surface area contributed by atoms with Crippen molar-refractivity contribution in [3.05, 3.63) is 63.8 Å². The lowest BCUT2D eigenvalue weighted by atomic mass is 10.0. The zero-order chi connectivity index (χ0) is 36.7. The summed E-state index contributed by atoms with van der Waals surface area (Å²) in [7, 11) is 5.63. The summed E-state index contributed by atoms with van der Waals surface area (Å²) in [6.45, 7) is 6.11. The number of benzene rings is 2. The predicted octanol–water partition coefficient (Wildman–Crippen LogP) is 5.10. The van der Waals surface area contributed by atoms with Crippen molar-refractivity contribution in [1.29, 1.82) is 0 Å². The number of carbonyl (C=O) groups excluding carboxylic acids is 3. The number of fused-ring (bicyclic) bond motifs is 1. The molecule has 0 unspecified atom stereocenters. The Morgan fingerprint density at radius 3 is 2.46 bits per heavy atom. The second kappa shape index (κ2) is 13.5. The molecule has 0 atom stereocenters. The van der Waals surface area contributed by atoms with Crippen LogP contribution in [0.4, 0.5) is 43.4 Å². The normalized spacial score (nSPS) is 13.7. The van der Waals surface area contributed by atoms with Crippen LogP contribution in [0, 0.1) is 15.9 Å². The number of piperazine rings is 1. The zero-order valence-corrected chi connectivity index (χ0v) is 28.5. The number of hydrogen-bond donors (Lipinski definition) is 2. The number of anilines is 5. The highest BCUT2D eigenvalue weighted by Crippen LogP contribution is 2.41. The van der Waals surface area contributed by atoms with Crippen LogP contribution in [0.25, 0.3) is 11.0 Å². The Balaban J connectivity index is 1.62. The standard InChI is InChI=1S/C33H36FN7O9/c1-33(2,3)50-32(44)39(5)29-18-13-24(37-19-9-8-17(12-20(19)41(45)46)40-11-10-38(4)16-25(40)42)36-15-23(18)49-31(29)30(43)26-27(34)21(47-6)14-22(48-7)28(26)35/h8-9,12-15H,10-11,16,35H2,1-7H3,(H,36,37). The van der Waals surface area contributed by atoms with Crippen molar-refractivity contribution < 1.29 is 42.3 Å². The molecule has 16 nitrogen and oxygen atoms in total. The van der Waals surface area contributed by atoms with Gasteiger partial charge in [0, 0.05) is 32.3 Å². The van der Waals surface area contributed by atoms with Gasteiger partial charge >= 0.3 is 6.09 Å². The first-order valence-corrected chi connectivity index (χ1v) is 15.2. The van der Waals surface area contributed by atoms with Gasteiger partial charge in [0.15, 0.2) is 22.9 Å². The smallest absolute Gasteiger partial charge is 0.414 e. The van der Waals surface area contributed by atoms with Crippen LogP contribution in [-0.4, -0.2) is 86.1 Å². The lowest BCUT2D eigenvalue weighted by molar-refractivity contribution is -0.383. The fourth-order valence-electron chi connectivity index (χ4n) is 5.39. The molecule has 3 heterocycles. The van der Waals surface area contributed by atoms with Crippen molar-refractivity contribution in [2.75, 3.05) is 68.8 Å². The minimum Gasteiger partial charge on any atom is -0.494 e. The number of aromatic nitrogens is 1. The summed E-state index contributed by atoms with van der Waals surface area (Å²) < 4.78 is 37.4. The van der Waals surface area contributed by atoms with E-state index in [1.54, 1.807) is 26.8 Å². The van der Waals surface area contributed by atoms with E-state index in [1.807, 2.05) is 11.9 Å². The van der Waals surface area contributed by atoms with Crippen molar-refractivity contribution in [1.82, 2.24) is 9.88 Å². The number of rotatable bonds is 9. The van der Waals surface area contributed by atoms with Crippen LogP contribution in [0.2, 0.25) is 0 Å². The highest BCUT2D eigenvalue weighted by molar-refractivity contribution is 6.19. The number of nitrogens with one attached hydrogen (secondary N) is 1. The SMILES string of the molecule is COc1cc(OC)c(F)c(C(=O)c2oc3cnc(Nc4ccc(N5CCN(C)CC5=O)cc4[N+](=O)[O-])cc3c2N(C)C(=O)OC(C)(C)C)c1N. The molecular weight excluding hydrogens is 657 g/mol. The van der Waals surface area contributed by atoms with E-state index in [1.165, 1.54) is 56.6 Å². The van der Waals surface area contributed by atoms with Crippen molar-refractivity contribution in [2.24, 2.45) is 0 Å². The third-order valence-corrected chi connectivity index (χ3v) is 7.82. The van der Waals surface area contributed by atoms with Gasteiger partial charge in [-0.05, 0) is 46.0 Å². The number of nitrogen functional groups attached to an aromatic ring is 1. The van der Waals surface area contributed by atoms with Crippen LogP contribution in [0.15, 0.2) is 40.9 Å². The number of pyridine rings is 1. The first kappa shape index (κ1) is 35.3. The van der Waals surface area contributed by atoms with Gasteiger partial charge in [-0.15, -0.1) is 0 Å². The topological polar surface area (TPSA) is 196 Å². The molecule has 4 aromatic rings. The van der Waals surface area contributed by atoms with Crippen LogP contribution in [0.5, 0.6) is 11.5 Å². The maximum absolute atomic E-state index is 15.6. The van der Waals surface area contributed by atoms with Crippen LogP contribution >= 0.6 is 0 Å². The number of methoxy groups -OCH3 is 2. The first-order valence-electron chi connectivity index (χ1n) is 15.2. The van der Waals surface area contributed by atoms with E-state index in [0.717, 1.165) is 4.90 Å². The molecule has 2 aromatic carbocycles. The number of halogens is 1. The molecule has 1 saturated heterocycles. The van der Waals surface area contributed by atoms with Gasteiger partial charge in [0.25, 0.3) is 5.69 Å². The molecule has 2 amide bonds. The van der Waals surface area contributed by atoms with Crippen molar-refractivity contribution in [3.63, 3.8) is 0 Å². The van der Waals surface area contributed by atoms with E-state index in [4.69, 9.17) is 24.4 Å². The molecule has 0 radical (unpaired) electrons. The van der Waals surface area contributed by atoms with Gasteiger partial charge in [-0.25, -0.2) is 14.2 Å². The monoisotopic (exact) mass is 693 g/mol. The molecule has 1 fully saturated rings. The van der Waals surface area contributed by atoms with E-state index < -0.39 is 39.5 Å². The number of nitro benzene ring substituents is 1. The Labute approximate surface area is 285 Å². The molecule has 2 aromatic heterocycles. The van der Waals surface area contributed by atoms with E-state index in [2.05, 4.69) is 10.3 Å². The Morgan fingerprint density at radius 1 is 1.14 bits per heavy atom. The maximum Gasteiger partial charge on any atom is 0.414 e. The molecule has 0 aliphatic carbocycles. The average molecular weight is 694 g/mol. The summed E-state index contributed by atoms with van der Waals surface area (Å²) in [5, 5.41) is 15.2. The largest absolute Gasteiger partial charge is 0.494 e. The lowest BCUT2D eigenvalue weighted by Gasteiger charge is -2.32. The Morgan fingerprint density at radius 2 is 1.84 bits per heavy atom. The maximum atomic E-state index is 15.6. The second-order valence-corrected chi connectivity index (χ2v) is 12.5. The van der Waals surface area contributed by atoms with Crippen LogP contribution < -0.4 is 30.3 Å². The number of nitro groups is 1. The minimum absolute atomic E-state index is 0.0107. The number of ketones is 1. The number of nitrogens with zero attached hydrogens (tertiary/aromatic N) is 5. The second-order valence-electron chi connectivity index (χ2n) is 12.5. The molecule has 0 bridgehead atoms. The van der Waals surface area contributed by atoms with Gasteiger partial charge in [0.2, 0.25) is 11.7 Å². The highest BCUT2D eigenvalue weighted by Gasteiger charge is 2.34. The minimum atomic E-state index is -1.09. The number of hydrogen-bond acceptors (Lipinski definition) is 13. The number of amides is 2. The van der Waals surface area contributed by atoms with Gasteiger partial charge in [0.05, 0.1) is 54.2 Å². The molecule has 3 N–H and O–H groups in total. The van der Waals surface area contributed by atoms with Gasteiger partial charge < -0.3 is 34.6 Å². The molecule has 5 rings (SSSR count). The molecule has 17 heteroatoms. The molecule has 1 aliphatic heterocycles. The van der Waals surface area contributed by atoms with Gasteiger partial charge in [-0.3, -0.25) is 29.5 Å². The summed E-state index contributed by atoms with van der Waals surface area (Å²) in [6.07, 6.45) is 0.359. The van der Waals surface area contributed by atoms with E-state index in [-0.39, 0.29) is 63.5 Å². The van der Waals surface area contributed by atoms with Crippen molar-refractivity contribution in [3.8, 4) is 11.5 Å². The van der Waals surface area contributed by atoms with Gasteiger partial charge in [-0.1, -0.05) is 0 Å². The summed E-state index contributed by atoms with van der Waals surface area (Å²) in [5.41, 5.74) is 4.23. The number of furan rings is 1. The highest BCUT2D eigenvalue weighted by atomic mass is 19.1. The zero-order valence-electron chi connectivity index (χ0n) is 28.5. The van der Waals surface area contributed by atoms with E-state index in [0.29, 0.717) is 18.8 Å². The van der Waals surface area contributed by atoms with Crippen molar-refractivity contribution in [2.45, 2.75) is 26.4 Å². The number of ether oxygens (including phenoxy) is 3. The van der Waals surface area contributed by atoms with Crippen LogP contribution in [0.3, 0.4) is 0 Å². The Hall–Kier alpha value is -5.97. The molecule has 264 valence electrons. The first-order chi connectivity index (χ1) is 23.5. The van der Waals surface area contributed by atoms with Crippen LogP contribution in [-0.2, 0) is 9.53 Å². The fraction of sp³-hybridized carbons (Fsp3) is 0.333. The Kier molecular flexibility index (Phi) is 9.54. The summed E-state index contributed by atoms with van der Waals surface area (Å²) in [5.74, 6) is -3.11. The van der Waals surface area contributed by atoms with Crippen molar-refractivity contribution >= 4 is 63.0 Å². The molecule has 0 saturated carbocycles. The Bertz CT molecular complexity index is 2000. The lowest BCUT2D eigenvalue weighted by Crippen LogP contribution is -2.48. The van der Waals surface area contributed by atoms with Gasteiger partial charge in [-0.2, -0.15) is 0 Å². The third kappa shape index (κ3) is 6.80. The quantitative estimate of drug-likeness (QED) is 0.102. The van der Waals surface area contributed by atoms with E-state index in [9.17, 15) is 24.5 Å². The molecular formula is C33H36FN7O9. The molecule has 50 heavy (non-hydrogen) atoms. The number of carbonyl (C=O) groups is 3. The fourth-order valence-corrected chi connectivity index (χ4v) is 5.39. The number of likely N-dealkylation sites (N-methyl/N-ethyl adjacent to an activating group) is 1. The number of nitrogens with two attached hydrogens (primary N) is 1. The summed E-state index contributed by atoms with van der Waals surface area (Å²) in [6, 6.07) is 6.91. The third-order valence-electron chi connectivity index (χ3n) is 7.82. The molecule has 1 aliphatic rings.